The SMILES string of the molecule is CCCCCCCCCc1ccccc1OP(=O)(O)O.CCCCCCCCCc1ccccc1OP123CC(CO1)(CO2)C3. The first-order valence-corrected chi connectivity index (χ1v) is 21.0. The molecule has 5 fully saturated rings. The molecule has 0 radical (unpaired) electrons. The predicted molar refractivity (Wildman–Crippen MR) is 181 cm³/mol. The van der Waals surface area contributed by atoms with Gasteiger partial charge in [-0.3, -0.25) is 9.79 Å². The first-order chi connectivity index (χ1) is 21.2. The number of aryl methyl sites for hydroxylation is 2. The Balaban J connectivity index is 0.000000205. The summed E-state index contributed by atoms with van der Waals surface area (Å²) < 4.78 is 34.4. The van der Waals surface area contributed by atoms with Gasteiger partial charge in [-0.25, -0.2) is 4.57 Å². The van der Waals surface area contributed by atoms with Crippen molar-refractivity contribution in [1.29, 1.82) is 0 Å². The summed E-state index contributed by atoms with van der Waals surface area (Å²) in [6.45, 7) is 6.18. The van der Waals surface area contributed by atoms with Crippen molar-refractivity contribution < 1.29 is 32.4 Å². The van der Waals surface area contributed by atoms with Crippen LogP contribution in [0.25, 0.3) is 0 Å². The molecule has 5 aliphatic heterocycles. The topological polar surface area (TPSA) is 94.5 Å². The van der Waals surface area contributed by atoms with Crippen LogP contribution in [0.3, 0.4) is 0 Å². The normalized spacial score (nSPS) is 21.4. The number of fused-ring (bicyclic) bond motifs is 2. The van der Waals surface area contributed by atoms with Crippen molar-refractivity contribution in [3.05, 3.63) is 59.7 Å². The Labute approximate surface area is 265 Å². The van der Waals surface area contributed by atoms with E-state index in [9.17, 15) is 4.57 Å². The molecule has 0 aromatic heterocycles. The molecule has 0 atom stereocenters. The number of phosphoric acid groups is 1. The molecule has 0 amide bonds. The Morgan fingerprint density at radius 3 is 1.57 bits per heavy atom. The van der Waals surface area contributed by atoms with Crippen molar-refractivity contribution in [2.45, 2.75) is 117 Å². The van der Waals surface area contributed by atoms with Crippen LogP contribution in [0.2, 0.25) is 0 Å². The van der Waals surface area contributed by atoms with Gasteiger partial charge in [-0.1, -0.05) is 63.6 Å². The maximum atomic E-state index is 10.9. The van der Waals surface area contributed by atoms with Crippen molar-refractivity contribution in [3.63, 3.8) is 0 Å². The molecule has 248 valence electrons. The van der Waals surface area contributed by atoms with E-state index >= 15 is 0 Å². The molecule has 0 saturated carbocycles. The standard InChI is InChI=1S/C20H31O3P.C15H25O4P/c1-2-3-4-5-6-7-8-11-18-12-9-10-13-19(18)23-24-16-20(17-24,14-21-24)15-22-24;1-2-3-4-5-6-7-8-11-14-12-9-10-13-15(14)19-20(16,17)18/h9-10,12-13H,2-8,11,14-17H2,1H3;9-10,12-13H,2-8,11H2,1H3,(H2,16,17,18). The van der Waals surface area contributed by atoms with Gasteiger partial charge in [0.05, 0.1) is 0 Å². The Morgan fingerprint density at radius 2 is 1.11 bits per heavy atom. The Morgan fingerprint density at radius 1 is 0.682 bits per heavy atom. The van der Waals surface area contributed by atoms with Gasteiger partial charge in [0.2, 0.25) is 0 Å². The molecule has 0 aliphatic carbocycles. The third-order valence-electron chi connectivity index (χ3n) is 9.16. The second kappa shape index (κ2) is 16.4. The van der Waals surface area contributed by atoms with Gasteiger partial charge >= 0.3 is 153 Å². The average molecular weight is 651 g/mol. The van der Waals surface area contributed by atoms with Crippen molar-refractivity contribution in [1.82, 2.24) is 0 Å². The molecule has 5 aliphatic rings. The monoisotopic (exact) mass is 650 g/mol. The number of unbranched alkanes of at least 4 members (excludes halogenated alkanes) is 12. The molecular weight excluding hydrogens is 594 g/mol. The van der Waals surface area contributed by atoms with Crippen LogP contribution in [0.5, 0.6) is 11.5 Å². The molecule has 7 nitrogen and oxygen atoms in total. The summed E-state index contributed by atoms with van der Waals surface area (Å²) in [6.07, 6.45) is 21.9. The van der Waals surface area contributed by atoms with Gasteiger partial charge in [0.15, 0.2) is 0 Å². The summed E-state index contributed by atoms with van der Waals surface area (Å²) in [6, 6.07) is 15.6. The van der Waals surface area contributed by atoms with E-state index in [0.717, 1.165) is 62.5 Å². The zero-order chi connectivity index (χ0) is 31.4. The fraction of sp³-hybridized carbons (Fsp3) is 0.657. The fourth-order valence-electron chi connectivity index (χ4n) is 6.86. The summed E-state index contributed by atoms with van der Waals surface area (Å²) in [5.74, 6) is 1.31. The fourth-order valence-corrected chi connectivity index (χ4v) is 12.6. The molecule has 0 spiro atoms. The van der Waals surface area contributed by atoms with Crippen LogP contribution >= 0.6 is 15.1 Å². The number of benzene rings is 2. The quantitative estimate of drug-likeness (QED) is 0.109. The Bertz CT molecular complexity index is 1190. The molecule has 0 unspecified atom stereocenters. The van der Waals surface area contributed by atoms with E-state index in [2.05, 4.69) is 38.1 Å². The van der Waals surface area contributed by atoms with Crippen LogP contribution in [-0.2, 0) is 26.5 Å². The van der Waals surface area contributed by atoms with Gasteiger partial charge in [-0.15, -0.1) is 0 Å². The summed E-state index contributed by atoms with van der Waals surface area (Å²) in [4.78, 5) is 17.8. The van der Waals surface area contributed by atoms with Gasteiger partial charge in [0.1, 0.15) is 5.75 Å². The average Bonchev–Trinajstić information content (AvgIpc) is 3.69. The van der Waals surface area contributed by atoms with E-state index < -0.39 is 15.1 Å². The molecular formula is C35H56O7P2. The van der Waals surface area contributed by atoms with Crippen LogP contribution in [-0.4, -0.2) is 35.3 Å². The molecule has 7 rings (SSSR count). The molecule has 9 heteroatoms. The third kappa shape index (κ3) is 10.0. The van der Waals surface area contributed by atoms with E-state index in [-0.39, 0.29) is 0 Å². The first-order valence-electron chi connectivity index (χ1n) is 17.1. The summed E-state index contributed by atoms with van der Waals surface area (Å²) in [7, 11) is -7.19. The molecule has 2 aromatic rings. The summed E-state index contributed by atoms with van der Waals surface area (Å²) in [5.41, 5.74) is 2.50. The minimum atomic E-state index is -4.47. The molecule has 2 aromatic carbocycles. The van der Waals surface area contributed by atoms with Crippen LogP contribution in [0.4, 0.5) is 0 Å². The number of rotatable bonds is 20. The number of hydrogen-bond acceptors (Lipinski definition) is 5. The van der Waals surface area contributed by atoms with Gasteiger partial charge in [-0.2, -0.15) is 0 Å². The van der Waals surface area contributed by atoms with Crippen molar-refractivity contribution in [2.24, 2.45) is 5.41 Å². The Kier molecular flexibility index (Phi) is 13.2. The van der Waals surface area contributed by atoms with Crippen LogP contribution in [0.15, 0.2) is 48.5 Å². The summed E-state index contributed by atoms with van der Waals surface area (Å²) >= 11 is 0. The van der Waals surface area contributed by atoms with E-state index in [1.807, 2.05) is 12.1 Å². The second-order valence-corrected chi connectivity index (χ2v) is 18.2. The number of para-hydroxylation sites is 2. The first kappa shape index (κ1) is 35.4. The van der Waals surface area contributed by atoms with Gasteiger partial charge in [0, 0.05) is 0 Å². The van der Waals surface area contributed by atoms with Crippen molar-refractivity contribution >= 4 is 15.1 Å². The predicted octanol–water partition coefficient (Wildman–Crippen LogP) is 10.2. The van der Waals surface area contributed by atoms with E-state index in [1.165, 1.54) is 82.6 Å². The van der Waals surface area contributed by atoms with Crippen molar-refractivity contribution in [2.75, 3.05) is 25.5 Å². The van der Waals surface area contributed by atoms with Crippen LogP contribution in [0.1, 0.15) is 115 Å². The molecule has 2 N–H and O–H groups in total. The molecule has 44 heavy (non-hydrogen) atoms. The van der Waals surface area contributed by atoms with Gasteiger partial charge < -0.3 is 4.52 Å². The zero-order valence-corrected chi connectivity index (χ0v) is 28.9. The Hall–Kier alpha value is -1.46. The van der Waals surface area contributed by atoms with Crippen LogP contribution in [0, 0.1) is 5.41 Å². The zero-order valence-electron chi connectivity index (χ0n) is 27.1. The van der Waals surface area contributed by atoms with Gasteiger partial charge in [0.25, 0.3) is 0 Å². The van der Waals surface area contributed by atoms with Gasteiger partial charge in [-0.05, 0) is 24.5 Å². The van der Waals surface area contributed by atoms with E-state index in [1.54, 1.807) is 12.1 Å². The number of hydrogen-bond donors (Lipinski definition) is 2. The number of phosphoric ester groups is 1. The van der Waals surface area contributed by atoms with Crippen molar-refractivity contribution in [3.8, 4) is 11.5 Å². The van der Waals surface area contributed by atoms with E-state index in [0.29, 0.717) is 11.2 Å². The molecule has 5 heterocycles. The maximum absolute atomic E-state index is 10.9. The van der Waals surface area contributed by atoms with E-state index in [4.69, 9.17) is 27.9 Å². The minimum absolute atomic E-state index is 0.298. The molecule has 5 saturated heterocycles. The second-order valence-electron chi connectivity index (χ2n) is 13.2. The van der Waals surface area contributed by atoms with Crippen LogP contribution < -0.4 is 9.05 Å². The summed E-state index contributed by atoms with van der Waals surface area (Å²) in [5, 5.41) is 0. The molecule has 2 bridgehead atoms. The third-order valence-corrected chi connectivity index (χ3v) is 14.2.